The summed E-state index contributed by atoms with van der Waals surface area (Å²) in [6.07, 6.45) is 3.83. The molecule has 0 amide bonds. The van der Waals surface area contributed by atoms with Gasteiger partial charge in [-0.3, -0.25) is 0 Å². The van der Waals surface area contributed by atoms with Crippen LogP contribution in [0, 0.1) is 0 Å². The van der Waals surface area contributed by atoms with Crippen LogP contribution < -0.4 is 5.32 Å². The average molecular weight is 250 g/mol. The summed E-state index contributed by atoms with van der Waals surface area (Å²) in [5, 5.41) is 7.95. The van der Waals surface area contributed by atoms with Gasteiger partial charge in [0.2, 0.25) is 0 Å². The highest BCUT2D eigenvalue weighted by atomic mass is 32.1. The van der Waals surface area contributed by atoms with E-state index < -0.39 is 0 Å². The van der Waals surface area contributed by atoms with Crippen molar-refractivity contribution in [3.05, 3.63) is 38.5 Å². The second-order valence-electron chi connectivity index (χ2n) is 4.10. The van der Waals surface area contributed by atoms with Gasteiger partial charge in [-0.2, -0.15) is 0 Å². The molecule has 1 atom stereocenters. The molecule has 2 aromatic heterocycles. The molecule has 0 radical (unpaired) electrons. The topological polar surface area (TPSA) is 24.9 Å². The normalized spacial score (nSPS) is 19.6. The van der Waals surface area contributed by atoms with E-state index in [0.29, 0.717) is 6.04 Å². The van der Waals surface area contributed by atoms with E-state index in [1.54, 1.807) is 16.2 Å². The summed E-state index contributed by atoms with van der Waals surface area (Å²) >= 11 is 3.56. The number of fused-ring (bicyclic) bond motifs is 1. The zero-order valence-electron chi connectivity index (χ0n) is 8.98. The lowest BCUT2D eigenvalue weighted by molar-refractivity contribution is 0.461. The molecule has 2 nitrogen and oxygen atoms in total. The highest BCUT2D eigenvalue weighted by Gasteiger charge is 2.20. The number of hydrogen-bond donors (Lipinski definition) is 1. The quantitative estimate of drug-likeness (QED) is 0.903. The van der Waals surface area contributed by atoms with E-state index in [2.05, 4.69) is 27.1 Å². The molecule has 0 bridgehead atoms. The average Bonchev–Trinajstić information content (AvgIpc) is 2.97. The van der Waals surface area contributed by atoms with Gasteiger partial charge in [0.1, 0.15) is 0 Å². The van der Waals surface area contributed by atoms with Gasteiger partial charge in [-0.15, -0.1) is 22.7 Å². The van der Waals surface area contributed by atoms with Crippen molar-refractivity contribution in [2.24, 2.45) is 0 Å². The van der Waals surface area contributed by atoms with Gasteiger partial charge in [-0.25, -0.2) is 4.98 Å². The predicted molar refractivity (Wildman–Crippen MR) is 69.0 cm³/mol. The Labute approximate surface area is 103 Å². The predicted octanol–water partition coefficient (Wildman–Crippen LogP) is 3.37. The van der Waals surface area contributed by atoms with Gasteiger partial charge < -0.3 is 5.32 Å². The number of aromatic nitrogens is 1. The zero-order valence-corrected chi connectivity index (χ0v) is 10.6. The molecule has 0 fully saturated rings. The first-order valence-electron chi connectivity index (χ1n) is 5.60. The second-order valence-corrected chi connectivity index (χ2v) is 5.82. The Morgan fingerprint density at radius 3 is 3.38 bits per heavy atom. The van der Waals surface area contributed by atoms with Crippen molar-refractivity contribution in [3.8, 4) is 0 Å². The molecule has 0 aliphatic heterocycles. The number of hydrogen-bond acceptors (Lipinski definition) is 4. The molecule has 1 unspecified atom stereocenters. The van der Waals surface area contributed by atoms with Gasteiger partial charge in [0.25, 0.3) is 0 Å². The van der Waals surface area contributed by atoms with Crippen LogP contribution in [-0.4, -0.2) is 4.98 Å². The Kier molecular flexibility index (Phi) is 3.04. The maximum absolute atomic E-state index is 4.30. The summed E-state index contributed by atoms with van der Waals surface area (Å²) in [5.41, 5.74) is 4.58. The third-order valence-corrected chi connectivity index (χ3v) is 4.70. The Morgan fingerprint density at radius 1 is 1.50 bits per heavy atom. The fourth-order valence-electron chi connectivity index (χ4n) is 2.25. The Bertz CT molecular complexity index is 447. The molecule has 2 aromatic rings. The number of thiophene rings is 1. The van der Waals surface area contributed by atoms with Crippen LogP contribution in [0.4, 0.5) is 0 Å². The standard InChI is InChI=1S/C12H14N2S2/c1-2-11(10-4-5-16-12(10)3-1)13-6-9-7-15-8-14-9/h4-5,7-8,11,13H,1-3,6H2. The molecule has 0 saturated heterocycles. The monoisotopic (exact) mass is 250 g/mol. The number of aryl methyl sites for hydroxylation is 1. The van der Waals surface area contributed by atoms with Crippen LogP contribution in [0.1, 0.15) is 35.0 Å². The molecular formula is C12H14N2S2. The third-order valence-electron chi connectivity index (χ3n) is 3.06. The number of thiazole rings is 1. The lowest BCUT2D eigenvalue weighted by Gasteiger charge is -2.23. The molecule has 84 valence electrons. The van der Waals surface area contributed by atoms with Crippen LogP contribution in [0.5, 0.6) is 0 Å². The van der Waals surface area contributed by atoms with E-state index in [-0.39, 0.29) is 0 Å². The minimum atomic E-state index is 0.539. The largest absolute Gasteiger partial charge is 0.304 e. The number of nitrogens with zero attached hydrogens (tertiary/aromatic N) is 1. The fraction of sp³-hybridized carbons (Fsp3) is 0.417. The van der Waals surface area contributed by atoms with Gasteiger partial charge in [0.15, 0.2) is 0 Å². The van der Waals surface area contributed by atoms with Crippen LogP contribution in [0.25, 0.3) is 0 Å². The maximum Gasteiger partial charge on any atom is 0.0795 e. The maximum atomic E-state index is 4.30. The Balaban J connectivity index is 1.69. The molecule has 3 rings (SSSR count). The molecule has 2 heterocycles. The van der Waals surface area contributed by atoms with Crippen molar-refractivity contribution in [2.45, 2.75) is 31.8 Å². The number of nitrogens with one attached hydrogen (secondary N) is 1. The molecule has 1 aliphatic carbocycles. The summed E-state index contributed by atoms with van der Waals surface area (Å²) in [5.74, 6) is 0. The van der Waals surface area contributed by atoms with E-state index in [0.717, 1.165) is 12.2 Å². The van der Waals surface area contributed by atoms with Crippen molar-refractivity contribution >= 4 is 22.7 Å². The first kappa shape index (κ1) is 10.4. The highest BCUT2D eigenvalue weighted by molar-refractivity contribution is 7.10. The van der Waals surface area contributed by atoms with Crippen LogP contribution in [-0.2, 0) is 13.0 Å². The van der Waals surface area contributed by atoms with E-state index >= 15 is 0 Å². The number of rotatable bonds is 3. The molecule has 1 N–H and O–H groups in total. The second kappa shape index (κ2) is 4.65. The SMILES string of the molecule is c1nc(CNC2CCCc3sccc32)cs1. The van der Waals surface area contributed by atoms with Gasteiger partial charge in [0, 0.05) is 22.8 Å². The first-order valence-corrected chi connectivity index (χ1v) is 7.42. The Morgan fingerprint density at radius 2 is 2.50 bits per heavy atom. The van der Waals surface area contributed by atoms with Gasteiger partial charge in [-0.1, -0.05) is 0 Å². The molecular weight excluding hydrogens is 236 g/mol. The summed E-state index contributed by atoms with van der Waals surface area (Å²) in [4.78, 5) is 5.87. The van der Waals surface area contributed by atoms with Gasteiger partial charge in [0.05, 0.1) is 11.2 Å². The zero-order chi connectivity index (χ0) is 10.8. The van der Waals surface area contributed by atoms with Crippen LogP contribution >= 0.6 is 22.7 Å². The molecule has 0 spiro atoms. The molecule has 0 aromatic carbocycles. The minimum Gasteiger partial charge on any atom is -0.304 e. The van der Waals surface area contributed by atoms with Crippen molar-refractivity contribution in [1.29, 1.82) is 0 Å². The van der Waals surface area contributed by atoms with Crippen molar-refractivity contribution in [2.75, 3.05) is 0 Å². The van der Waals surface area contributed by atoms with Gasteiger partial charge in [-0.05, 0) is 36.3 Å². The van der Waals surface area contributed by atoms with Crippen LogP contribution in [0.2, 0.25) is 0 Å². The van der Waals surface area contributed by atoms with E-state index in [4.69, 9.17) is 0 Å². The van der Waals surface area contributed by atoms with E-state index in [1.807, 2.05) is 16.8 Å². The van der Waals surface area contributed by atoms with Crippen molar-refractivity contribution in [1.82, 2.24) is 10.3 Å². The van der Waals surface area contributed by atoms with Crippen molar-refractivity contribution in [3.63, 3.8) is 0 Å². The Hall–Kier alpha value is -0.710. The lowest BCUT2D eigenvalue weighted by atomic mass is 9.94. The first-order chi connectivity index (χ1) is 7.93. The molecule has 0 saturated carbocycles. The van der Waals surface area contributed by atoms with E-state index in [1.165, 1.54) is 24.8 Å². The lowest BCUT2D eigenvalue weighted by Crippen LogP contribution is -2.23. The van der Waals surface area contributed by atoms with Crippen molar-refractivity contribution < 1.29 is 0 Å². The van der Waals surface area contributed by atoms with Crippen LogP contribution in [0.15, 0.2) is 22.3 Å². The molecule has 1 aliphatic rings. The highest BCUT2D eigenvalue weighted by Crippen LogP contribution is 2.33. The fourth-order valence-corrected chi connectivity index (χ4v) is 3.80. The summed E-state index contributed by atoms with van der Waals surface area (Å²) in [7, 11) is 0. The third kappa shape index (κ3) is 2.05. The summed E-state index contributed by atoms with van der Waals surface area (Å²) in [6.45, 7) is 0.892. The minimum absolute atomic E-state index is 0.539. The molecule has 16 heavy (non-hydrogen) atoms. The smallest absolute Gasteiger partial charge is 0.0795 e. The van der Waals surface area contributed by atoms with Crippen LogP contribution in [0.3, 0.4) is 0 Å². The molecule has 4 heteroatoms. The van der Waals surface area contributed by atoms with Gasteiger partial charge >= 0.3 is 0 Å². The summed E-state index contributed by atoms with van der Waals surface area (Å²) < 4.78 is 0. The van der Waals surface area contributed by atoms with E-state index in [9.17, 15) is 0 Å². The summed E-state index contributed by atoms with van der Waals surface area (Å²) in [6, 6.07) is 2.81.